The minimum atomic E-state index is -0.755. The van der Waals surface area contributed by atoms with Gasteiger partial charge in [-0.1, -0.05) is 6.07 Å². The maximum absolute atomic E-state index is 9.79. The number of hydrogen-bond acceptors (Lipinski definition) is 6. The highest BCUT2D eigenvalue weighted by Gasteiger charge is 2.08. The van der Waals surface area contributed by atoms with Gasteiger partial charge in [0.25, 0.3) is 5.82 Å². The molecule has 19 heavy (non-hydrogen) atoms. The Morgan fingerprint density at radius 3 is 3.05 bits per heavy atom. The van der Waals surface area contributed by atoms with Gasteiger partial charge in [-0.3, -0.25) is 0 Å². The maximum Gasteiger partial charge on any atom is 0.252 e. The van der Waals surface area contributed by atoms with Gasteiger partial charge in [-0.05, 0) is 12.1 Å². The molecule has 0 bridgehead atoms. The molecule has 0 saturated carbocycles. The van der Waals surface area contributed by atoms with E-state index in [0.717, 1.165) is 0 Å². The van der Waals surface area contributed by atoms with Crippen LogP contribution in [0.25, 0.3) is 0 Å². The van der Waals surface area contributed by atoms with Gasteiger partial charge in [0.1, 0.15) is 30.9 Å². The van der Waals surface area contributed by atoms with Crippen LogP contribution in [0, 0.1) is 11.3 Å². The quantitative estimate of drug-likeness (QED) is 0.741. The highest BCUT2D eigenvalue weighted by Crippen LogP contribution is 2.14. The van der Waals surface area contributed by atoms with Crippen LogP contribution >= 0.6 is 0 Å². The lowest BCUT2D eigenvalue weighted by Gasteiger charge is -2.12. The number of nitrogens with zero attached hydrogens (tertiary/aromatic N) is 4. The molecule has 98 valence electrons. The van der Waals surface area contributed by atoms with Gasteiger partial charge in [0, 0.05) is 11.8 Å². The van der Waals surface area contributed by atoms with Crippen LogP contribution in [0.3, 0.4) is 0 Å². The standard InChI is InChI=1S/C12H13N5O2/c13-5-12-15-8-17(16-12)6-10(18)7-19-11-3-1-2-9(14)4-11/h1-4,8,10,18H,6-7,14H2. The van der Waals surface area contributed by atoms with Gasteiger partial charge in [0.05, 0.1) is 6.54 Å². The minimum Gasteiger partial charge on any atom is -0.491 e. The Kier molecular flexibility index (Phi) is 3.95. The predicted molar refractivity (Wildman–Crippen MR) is 67.1 cm³/mol. The molecule has 0 radical (unpaired) electrons. The monoisotopic (exact) mass is 259 g/mol. The van der Waals surface area contributed by atoms with E-state index in [4.69, 9.17) is 15.7 Å². The molecule has 0 aliphatic carbocycles. The van der Waals surface area contributed by atoms with Crippen molar-refractivity contribution in [3.8, 4) is 11.8 Å². The smallest absolute Gasteiger partial charge is 0.252 e. The molecule has 1 unspecified atom stereocenters. The third-order valence-corrected chi connectivity index (χ3v) is 2.33. The topological polar surface area (TPSA) is 110 Å². The number of nitrogen functional groups attached to an aromatic ring is 1. The fourth-order valence-corrected chi connectivity index (χ4v) is 1.50. The molecule has 3 N–H and O–H groups in total. The van der Waals surface area contributed by atoms with E-state index in [-0.39, 0.29) is 19.0 Å². The lowest BCUT2D eigenvalue weighted by molar-refractivity contribution is 0.0892. The Morgan fingerprint density at radius 2 is 2.37 bits per heavy atom. The van der Waals surface area contributed by atoms with Crippen molar-refractivity contribution in [1.82, 2.24) is 14.8 Å². The molecule has 0 fully saturated rings. The Balaban J connectivity index is 1.84. The molecule has 1 atom stereocenters. The first-order chi connectivity index (χ1) is 9.17. The number of aliphatic hydroxyl groups excluding tert-OH is 1. The van der Waals surface area contributed by atoms with Crippen LogP contribution in [0.5, 0.6) is 5.75 Å². The van der Waals surface area contributed by atoms with Gasteiger partial charge in [-0.2, -0.15) is 5.26 Å². The summed E-state index contributed by atoms with van der Waals surface area (Å²) in [6, 6.07) is 8.77. The number of aliphatic hydroxyl groups is 1. The summed E-state index contributed by atoms with van der Waals surface area (Å²) in [6.45, 7) is 0.308. The minimum absolute atomic E-state index is 0.0731. The Labute approximate surface area is 109 Å². The molecule has 0 amide bonds. The van der Waals surface area contributed by atoms with Crippen LogP contribution in [0.15, 0.2) is 30.6 Å². The summed E-state index contributed by atoms with van der Waals surface area (Å²) in [5, 5.41) is 22.2. The van der Waals surface area contributed by atoms with Crippen molar-refractivity contribution in [1.29, 1.82) is 5.26 Å². The normalized spacial score (nSPS) is 11.8. The van der Waals surface area contributed by atoms with E-state index in [2.05, 4.69) is 10.1 Å². The second kappa shape index (κ2) is 5.84. The highest BCUT2D eigenvalue weighted by atomic mass is 16.5. The van der Waals surface area contributed by atoms with Crippen LogP contribution in [0.4, 0.5) is 5.69 Å². The lowest BCUT2D eigenvalue weighted by Crippen LogP contribution is -2.24. The first kappa shape index (κ1) is 12.9. The number of anilines is 1. The lowest BCUT2D eigenvalue weighted by atomic mass is 10.3. The van der Waals surface area contributed by atoms with E-state index < -0.39 is 6.10 Å². The summed E-state index contributed by atoms with van der Waals surface area (Å²) in [5.41, 5.74) is 6.21. The largest absolute Gasteiger partial charge is 0.491 e. The molecule has 0 spiro atoms. The van der Waals surface area contributed by atoms with E-state index >= 15 is 0 Å². The average molecular weight is 259 g/mol. The number of nitriles is 1. The van der Waals surface area contributed by atoms with Gasteiger partial charge in [-0.15, -0.1) is 5.10 Å². The zero-order chi connectivity index (χ0) is 13.7. The van der Waals surface area contributed by atoms with Gasteiger partial charge >= 0.3 is 0 Å². The second-order valence-electron chi connectivity index (χ2n) is 3.94. The molecule has 0 saturated heterocycles. The Morgan fingerprint density at radius 1 is 1.53 bits per heavy atom. The predicted octanol–water partition coefficient (Wildman–Crippen LogP) is 0.172. The van der Waals surface area contributed by atoms with Gasteiger partial charge in [0.15, 0.2) is 0 Å². The fourth-order valence-electron chi connectivity index (χ4n) is 1.50. The molecule has 1 aromatic heterocycles. The summed E-state index contributed by atoms with van der Waals surface area (Å²) in [5.74, 6) is 0.666. The Hall–Kier alpha value is -2.59. The van der Waals surface area contributed by atoms with Crippen molar-refractivity contribution in [2.24, 2.45) is 0 Å². The van der Waals surface area contributed by atoms with Crippen molar-refractivity contribution in [2.75, 3.05) is 12.3 Å². The number of ether oxygens (including phenoxy) is 1. The Bertz CT molecular complexity index is 590. The average Bonchev–Trinajstić information content (AvgIpc) is 2.84. The van der Waals surface area contributed by atoms with Crippen LogP contribution in [-0.4, -0.2) is 32.6 Å². The third kappa shape index (κ3) is 3.69. The van der Waals surface area contributed by atoms with Crippen molar-refractivity contribution in [3.05, 3.63) is 36.4 Å². The van der Waals surface area contributed by atoms with E-state index in [9.17, 15) is 5.11 Å². The number of hydrogen-bond donors (Lipinski definition) is 2. The summed E-state index contributed by atoms with van der Waals surface area (Å²) >= 11 is 0. The zero-order valence-corrected chi connectivity index (χ0v) is 10.1. The molecule has 2 rings (SSSR count). The molecular weight excluding hydrogens is 246 g/mol. The number of benzene rings is 1. The zero-order valence-electron chi connectivity index (χ0n) is 10.1. The van der Waals surface area contributed by atoms with Gasteiger partial charge in [0.2, 0.25) is 0 Å². The highest BCUT2D eigenvalue weighted by molar-refractivity contribution is 5.43. The molecular formula is C12H13N5O2. The SMILES string of the molecule is N#Cc1ncn(CC(O)COc2cccc(N)c2)n1. The third-order valence-electron chi connectivity index (χ3n) is 2.33. The van der Waals surface area contributed by atoms with Crippen LogP contribution in [0.1, 0.15) is 5.82 Å². The van der Waals surface area contributed by atoms with Crippen LogP contribution in [0.2, 0.25) is 0 Å². The molecule has 1 aromatic carbocycles. The van der Waals surface area contributed by atoms with E-state index in [1.54, 1.807) is 24.3 Å². The fraction of sp³-hybridized carbons (Fsp3) is 0.250. The summed E-state index contributed by atoms with van der Waals surface area (Å²) < 4.78 is 6.79. The van der Waals surface area contributed by atoms with Crippen molar-refractivity contribution >= 4 is 5.69 Å². The summed E-state index contributed by atoms with van der Waals surface area (Å²) in [6.07, 6.45) is 0.636. The second-order valence-corrected chi connectivity index (χ2v) is 3.94. The molecule has 7 heteroatoms. The summed E-state index contributed by atoms with van der Waals surface area (Å²) in [4.78, 5) is 3.74. The van der Waals surface area contributed by atoms with Crippen molar-refractivity contribution in [2.45, 2.75) is 12.6 Å². The first-order valence-electron chi connectivity index (χ1n) is 5.63. The summed E-state index contributed by atoms with van der Waals surface area (Å²) in [7, 11) is 0. The molecule has 0 aliphatic rings. The van der Waals surface area contributed by atoms with Crippen molar-refractivity contribution in [3.63, 3.8) is 0 Å². The van der Waals surface area contributed by atoms with Gasteiger partial charge in [-0.25, -0.2) is 9.67 Å². The first-order valence-corrected chi connectivity index (χ1v) is 5.63. The van der Waals surface area contributed by atoms with Gasteiger partial charge < -0.3 is 15.6 Å². The maximum atomic E-state index is 9.79. The van der Waals surface area contributed by atoms with E-state index in [1.807, 2.05) is 6.07 Å². The molecule has 1 heterocycles. The van der Waals surface area contributed by atoms with E-state index in [1.165, 1.54) is 11.0 Å². The van der Waals surface area contributed by atoms with Crippen molar-refractivity contribution < 1.29 is 9.84 Å². The van der Waals surface area contributed by atoms with Crippen LogP contribution in [-0.2, 0) is 6.54 Å². The number of aromatic nitrogens is 3. The molecule has 2 aromatic rings. The van der Waals surface area contributed by atoms with Crippen LogP contribution < -0.4 is 10.5 Å². The molecule has 7 nitrogen and oxygen atoms in total. The molecule has 0 aliphatic heterocycles. The number of rotatable bonds is 5. The van der Waals surface area contributed by atoms with E-state index in [0.29, 0.717) is 11.4 Å². The number of nitrogens with two attached hydrogens (primary N) is 1.